The van der Waals surface area contributed by atoms with E-state index in [0.717, 1.165) is 10.7 Å². The van der Waals surface area contributed by atoms with Crippen molar-refractivity contribution in [2.24, 2.45) is 0 Å². The van der Waals surface area contributed by atoms with Gasteiger partial charge in [-0.3, -0.25) is 4.79 Å². The maximum absolute atomic E-state index is 12.5. The number of aryl methyl sites for hydroxylation is 1. The smallest absolute Gasteiger partial charge is 0.238 e. The normalized spacial score (nSPS) is 20.2. The zero-order valence-corrected chi connectivity index (χ0v) is 15.0. The topological polar surface area (TPSA) is 76.6 Å². The van der Waals surface area contributed by atoms with Crippen LogP contribution in [0.5, 0.6) is 0 Å². The van der Waals surface area contributed by atoms with Gasteiger partial charge in [0.15, 0.2) is 9.84 Å². The fraction of sp³-hybridized carbons (Fsp3) is 0.714. The number of sulfone groups is 1. The molecule has 0 aliphatic carbocycles. The molecule has 6 nitrogen and oxygen atoms in total. The summed E-state index contributed by atoms with van der Waals surface area (Å²) in [6.07, 6.45) is 0. The molecule has 2 heterocycles. The maximum Gasteiger partial charge on any atom is 0.238 e. The van der Waals surface area contributed by atoms with Crippen LogP contribution in [0.2, 0.25) is 0 Å². The molecule has 1 aromatic heterocycles. The lowest BCUT2D eigenvalue weighted by Crippen LogP contribution is -2.47. The molecular weight excluding hydrogens is 324 g/mol. The Hall–Kier alpha value is -0.990. The number of morpholine rings is 1. The summed E-state index contributed by atoms with van der Waals surface area (Å²) in [6.45, 7) is 7.88. The number of aromatic nitrogens is 1. The van der Waals surface area contributed by atoms with Crippen LogP contribution < -0.4 is 0 Å². The summed E-state index contributed by atoms with van der Waals surface area (Å²) in [6, 6.07) is -0.296. The highest BCUT2D eigenvalue weighted by molar-refractivity contribution is 7.93. The van der Waals surface area contributed by atoms with E-state index >= 15 is 0 Å². The van der Waals surface area contributed by atoms with Gasteiger partial charge < -0.3 is 9.64 Å². The molecule has 1 fully saturated rings. The number of ether oxygens (including phenoxy) is 1. The van der Waals surface area contributed by atoms with Gasteiger partial charge in [0.25, 0.3) is 0 Å². The SMILES string of the molecule is Cc1csc(C2COCCN2C(=O)CS(=O)(=O)C(C)(C)C)n1. The quantitative estimate of drug-likeness (QED) is 0.830. The summed E-state index contributed by atoms with van der Waals surface area (Å²) in [5.41, 5.74) is 0.889. The van der Waals surface area contributed by atoms with Crippen molar-refractivity contribution < 1.29 is 17.9 Å². The molecule has 0 spiro atoms. The molecule has 1 aromatic rings. The van der Waals surface area contributed by atoms with Gasteiger partial charge in [0, 0.05) is 17.6 Å². The molecule has 1 atom stereocenters. The minimum atomic E-state index is -3.50. The van der Waals surface area contributed by atoms with Crippen molar-refractivity contribution in [1.82, 2.24) is 9.88 Å². The number of thiazole rings is 1. The van der Waals surface area contributed by atoms with Gasteiger partial charge in [-0.25, -0.2) is 13.4 Å². The lowest BCUT2D eigenvalue weighted by atomic mass is 10.2. The van der Waals surface area contributed by atoms with E-state index in [2.05, 4.69) is 4.98 Å². The number of amides is 1. The van der Waals surface area contributed by atoms with Crippen LogP contribution in [0, 0.1) is 6.92 Å². The molecule has 1 saturated heterocycles. The highest BCUT2D eigenvalue weighted by Crippen LogP contribution is 2.28. The van der Waals surface area contributed by atoms with Crippen LogP contribution in [-0.4, -0.2) is 54.5 Å². The minimum Gasteiger partial charge on any atom is -0.377 e. The van der Waals surface area contributed by atoms with E-state index in [1.807, 2.05) is 12.3 Å². The molecule has 1 amide bonds. The molecular formula is C14H22N2O4S2. The first kappa shape index (κ1) is 17.4. The summed E-state index contributed by atoms with van der Waals surface area (Å²) >= 11 is 1.47. The number of carbonyl (C=O) groups is 1. The first-order chi connectivity index (χ1) is 10.1. The fourth-order valence-electron chi connectivity index (χ4n) is 2.09. The van der Waals surface area contributed by atoms with Gasteiger partial charge in [0.2, 0.25) is 5.91 Å². The molecule has 8 heteroatoms. The summed E-state index contributed by atoms with van der Waals surface area (Å²) in [7, 11) is -3.50. The van der Waals surface area contributed by atoms with Crippen molar-refractivity contribution in [2.45, 2.75) is 38.5 Å². The lowest BCUT2D eigenvalue weighted by Gasteiger charge is -2.35. The summed E-state index contributed by atoms with van der Waals surface area (Å²) in [4.78, 5) is 18.5. The molecule has 1 aliphatic rings. The Morgan fingerprint density at radius 1 is 1.50 bits per heavy atom. The van der Waals surface area contributed by atoms with Gasteiger partial charge in [-0.15, -0.1) is 11.3 Å². The van der Waals surface area contributed by atoms with E-state index < -0.39 is 20.3 Å². The first-order valence-electron chi connectivity index (χ1n) is 7.13. The molecule has 2 rings (SSSR count). The Morgan fingerprint density at radius 2 is 2.18 bits per heavy atom. The molecule has 1 unspecified atom stereocenters. The van der Waals surface area contributed by atoms with E-state index in [9.17, 15) is 13.2 Å². The number of hydrogen-bond donors (Lipinski definition) is 0. The van der Waals surface area contributed by atoms with Gasteiger partial charge in [-0.2, -0.15) is 0 Å². The van der Waals surface area contributed by atoms with E-state index in [0.29, 0.717) is 19.8 Å². The van der Waals surface area contributed by atoms with Crippen molar-refractivity contribution in [3.63, 3.8) is 0 Å². The van der Waals surface area contributed by atoms with Crippen LogP contribution in [0.1, 0.15) is 37.5 Å². The van der Waals surface area contributed by atoms with Crippen molar-refractivity contribution in [3.05, 3.63) is 16.1 Å². The Balaban J connectivity index is 2.19. The van der Waals surface area contributed by atoms with Gasteiger partial charge >= 0.3 is 0 Å². The van der Waals surface area contributed by atoms with E-state index in [1.165, 1.54) is 11.3 Å². The molecule has 0 aromatic carbocycles. The highest BCUT2D eigenvalue weighted by Gasteiger charge is 2.36. The van der Waals surface area contributed by atoms with Crippen LogP contribution in [0.25, 0.3) is 0 Å². The van der Waals surface area contributed by atoms with Gasteiger partial charge in [0.1, 0.15) is 16.8 Å². The second kappa shape index (κ2) is 6.25. The van der Waals surface area contributed by atoms with Crippen LogP contribution in [0.4, 0.5) is 0 Å². The molecule has 124 valence electrons. The summed E-state index contributed by atoms with van der Waals surface area (Å²) < 4.78 is 29.0. The molecule has 0 radical (unpaired) electrons. The average Bonchev–Trinajstić information content (AvgIpc) is 2.83. The standard InChI is InChI=1S/C14H22N2O4S2/c1-10-8-21-13(15-10)11-7-20-6-5-16(11)12(17)9-22(18,19)14(2,3)4/h8,11H,5-7,9H2,1-4H3. The predicted octanol–water partition coefficient (Wildman–Crippen LogP) is 1.56. The number of hydrogen-bond acceptors (Lipinski definition) is 6. The van der Waals surface area contributed by atoms with Crippen molar-refractivity contribution in [2.75, 3.05) is 25.5 Å². The minimum absolute atomic E-state index is 0.296. The number of nitrogens with zero attached hydrogens (tertiary/aromatic N) is 2. The van der Waals surface area contributed by atoms with Gasteiger partial charge in [-0.05, 0) is 27.7 Å². The Kier molecular flexibility index (Phi) is 4.93. The largest absolute Gasteiger partial charge is 0.377 e. The Bertz CT molecular complexity index is 646. The zero-order valence-electron chi connectivity index (χ0n) is 13.3. The van der Waals surface area contributed by atoms with Crippen LogP contribution in [-0.2, 0) is 19.4 Å². The molecule has 22 heavy (non-hydrogen) atoms. The predicted molar refractivity (Wildman–Crippen MR) is 85.7 cm³/mol. The van der Waals surface area contributed by atoms with Crippen LogP contribution in [0.3, 0.4) is 0 Å². The second-order valence-corrected chi connectivity index (χ2v) is 10.0. The Morgan fingerprint density at radius 3 is 2.73 bits per heavy atom. The molecule has 1 aliphatic heterocycles. The average molecular weight is 346 g/mol. The molecule has 0 bridgehead atoms. The monoisotopic (exact) mass is 346 g/mol. The fourth-order valence-corrected chi connectivity index (χ4v) is 3.91. The van der Waals surface area contributed by atoms with E-state index in [-0.39, 0.29) is 11.9 Å². The highest BCUT2D eigenvalue weighted by atomic mass is 32.2. The first-order valence-corrected chi connectivity index (χ1v) is 9.66. The van der Waals surface area contributed by atoms with E-state index in [4.69, 9.17) is 4.74 Å². The van der Waals surface area contributed by atoms with Crippen LogP contribution in [0.15, 0.2) is 5.38 Å². The van der Waals surface area contributed by atoms with Gasteiger partial charge in [-0.1, -0.05) is 0 Å². The summed E-state index contributed by atoms with van der Waals surface area (Å²) in [5, 5.41) is 2.71. The second-order valence-electron chi connectivity index (χ2n) is 6.38. The van der Waals surface area contributed by atoms with Crippen molar-refractivity contribution >= 4 is 27.1 Å². The number of carbonyl (C=O) groups excluding carboxylic acids is 1. The molecule has 0 saturated carbocycles. The van der Waals surface area contributed by atoms with Gasteiger partial charge in [0.05, 0.1) is 18.0 Å². The number of rotatable bonds is 3. The van der Waals surface area contributed by atoms with E-state index in [1.54, 1.807) is 25.7 Å². The summed E-state index contributed by atoms with van der Waals surface area (Å²) in [5.74, 6) is -0.853. The lowest BCUT2D eigenvalue weighted by molar-refractivity contribution is -0.137. The van der Waals surface area contributed by atoms with Crippen LogP contribution >= 0.6 is 11.3 Å². The Labute approximate surface area is 135 Å². The zero-order chi connectivity index (χ0) is 16.5. The molecule has 0 N–H and O–H groups in total. The third-order valence-corrected chi connectivity index (χ3v) is 7.17. The maximum atomic E-state index is 12.5. The van der Waals surface area contributed by atoms with Crippen molar-refractivity contribution in [3.8, 4) is 0 Å². The third-order valence-electron chi connectivity index (χ3n) is 3.62. The van der Waals surface area contributed by atoms with Crippen molar-refractivity contribution in [1.29, 1.82) is 0 Å². The third kappa shape index (κ3) is 3.67.